The van der Waals surface area contributed by atoms with E-state index in [4.69, 9.17) is 0 Å². The smallest absolute Gasteiger partial charge is 0.263 e. The Morgan fingerprint density at radius 3 is 2.74 bits per heavy atom. The molecule has 1 aliphatic heterocycles. The lowest BCUT2D eigenvalue weighted by Crippen LogP contribution is -2.33. The molecule has 0 spiro atoms. The van der Waals surface area contributed by atoms with Crippen LogP contribution in [0, 0.1) is 5.92 Å². The molecular weight excluding hydrogens is 342 g/mol. The van der Waals surface area contributed by atoms with E-state index < -0.39 is 5.92 Å². The number of carbonyl (C=O) groups is 2. The summed E-state index contributed by atoms with van der Waals surface area (Å²) in [4.78, 5) is 36.8. The number of aromatic nitrogens is 3. The molecule has 134 valence electrons. The van der Waals surface area contributed by atoms with Gasteiger partial charge in [0.1, 0.15) is 11.7 Å². The molecule has 1 aliphatic rings. The van der Waals surface area contributed by atoms with Gasteiger partial charge in [-0.2, -0.15) is 10.1 Å². The highest BCUT2D eigenvalue weighted by Crippen LogP contribution is 2.25. The fourth-order valence-corrected chi connectivity index (χ4v) is 3.16. The molecule has 3 heterocycles. The highest BCUT2D eigenvalue weighted by molar-refractivity contribution is 6.27. The molecule has 1 aromatic carbocycles. The van der Waals surface area contributed by atoms with Crippen LogP contribution in [0.4, 0.5) is 5.69 Å². The summed E-state index contributed by atoms with van der Waals surface area (Å²) in [6.45, 7) is 1.71. The molecule has 1 amide bonds. The Balaban J connectivity index is 1.53. The van der Waals surface area contributed by atoms with E-state index >= 15 is 0 Å². The molecule has 0 saturated heterocycles. The number of nitrogens with zero attached hydrogens (tertiary/aromatic N) is 4. The molecule has 4 rings (SSSR count). The van der Waals surface area contributed by atoms with Crippen molar-refractivity contribution in [2.24, 2.45) is 11.0 Å². The first kappa shape index (κ1) is 16.8. The summed E-state index contributed by atoms with van der Waals surface area (Å²) in [5.41, 5.74) is 2.83. The largest absolute Gasteiger partial charge is 0.345 e. The Hall–Kier alpha value is -3.61. The van der Waals surface area contributed by atoms with E-state index in [1.807, 2.05) is 24.3 Å². The van der Waals surface area contributed by atoms with E-state index in [1.165, 1.54) is 5.01 Å². The third-order valence-electron chi connectivity index (χ3n) is 4.44. The van der Waals surface area contributed by atoms with Crippen LogP contribution in [0.5, 0.6) is 0 Å². The highest BCUT2D eigenvalue weighted by atomic mass is 16.2. The molecule has 7 nitrogen and oxygen atoms in total. The van der Waals surface area contributed by atoms with Gasteiger partial charge in [0.15, 0.2) is 5.78 Å². The van der Waals surface area contributed by atoms with Crippen LogP contribution in [-0.4, -0.2) is 32.4 Å². The van der Waals surface area contributed by atoms with Gasteiger partial charge in [-0.1, -0.05) is 18.2 Å². The lowest BCUT2D eigenvalue weighted by Gasteiger charge is -2.13. The lowest BCUT2D eigenvalue weighted by atomic mass is 9.93. The van der Waals surface area contributed by atoms with Gasteiger partial charge in [0.05, 0.1) is 11.4 Å². The number of hydrazone groups is 1. The number of imidazole rings is 1. The first-order valence-corrected chi connectivity index (χ1v) is 8.54. The maximum atomic E-state index is 12.8. The van der Waals surface area contributed by atoms with Crippen molar-refractivity contribution in [3.05, 3.63) is 66.7 Å². The van der Waals surface area contributed by atoms with E-state index in [0.717, 1.165) is 17.0 Å². The van der Waals surface area contributed by atoms with Crippen molar-refractivity contribution in [3.8, 4) is 11.4 Å². The molecule has 3 aromatic rings. The minimum Gasteiger partial charge on any atom is -0.345 e. The quantitative estimate of drug-likeness (QED) is 0.709. The van der Waals surface area contributed by atoms with Gasteiger partial charge in [-0.3, -0.25) is 14.6 Å². The summed E-state index contributed by atoms with van der Waals surface area (Å²) < 4.78 is 0. The molecule has 1 N–H and O–H groups in total. The second kappa shape index (κ2) is 6.95. The predicted octanol–water partition coefficient (Wildman–Crippen LogP) is 2.62. The van der Waals surface area contributed by atoms with Crippen molar-refractivity contribution in [1.82, 2.24) is 15.0 Å². The van der Waals surface area contributed by atoms with Crippen LogP contribution < -0.4 is 5.01 Å². The monoisotopic (exact) mass is 359 g/mol. The number of amides is 1. The van der Waals surface area contributed by atoms with Gasteiger partial charge >= 0.3 is 0 Å². The maximum absolute atomic E-state index is 12.8. The zero-order chi connectivity index (χ0) is 18.8. The van der Waals surface area contributed by atoms with Gasteiger partial charge in [0.25, 0.3) is 5.91 Å². The van der Waals surface area contributed by atoms with Gasteiger partial charge in [0.2, 0.25) is 0 Å². The van der Waals surface area contributed by atoms with E-state index in [0.29, 0.717) is 11.4 Å². The Morgan fingerprint density at radius 2 is 2.00 bits per heavy atom. The summed E-state index contributed by atoms with van der Waals surface area (Å²) in [5, 5.41) is 5.56. The zero-order valence-electron chi connectivity index (χ0n) is 14.7. The Labute approximate surface area is 155 Å². The molecule has 27 heavy (non-hydrogen) atoms. The van der Waals surface area contributed by atoms with E-state index in [-0.39, 0.29) is 18.1 Å². The van der Waals surface area contributed by atoms with Gasteiger partial charge in [-0.25, -0.2) is 4.98 Å². The summed E-state index contributed by atoms with van der Waals surface area (Å²) in [6.07, 6.45) is 6.75. The minimum absolute atomic E-state index is 0.155. The molecule has 1 atom stereocenters. The summed E-state index contributed by atoms with van der Waals surface area (Å²) in [7, 11) is 0. The average Bonchev–Trinajstić information content (AvgIpc) is 3.31. The van der Waals surface area contributed by atoms with E-state index in [9.17, 15) is 9.59 Å². The summed E-state index contributed by atoms with van der Waals surface area (Å²) >= 11 is 0. The second-order valence-electron chi connectivity index (χ2n) is 6.31. The van der Waals surface area contributed by atoms with Crippen LogP contribution in [0.1, 0.15) is 12.5 Å². The van der Waals surface area contributed by atoms with Crippen LogP contribution >= 0.6 is 0 Å². The molecule has 2 aromatic heterocycles. The number of hydrogen-bond donors (Lipinski definition) is 1. The van der Waals surface area contributed by atoms with Crippen LogP contribution in [0.3, 0.4) is 0 Å². The number of H-pyrrole nitrogens is 1. The Morgan fingerprint density at radius 1 is 1.19 bits per heavy atom. The normalized spacial score (nSPS) is 16.5. The Bertz CT molecular complexity index is 1010. The molecule has 0 aliphatic carbocycles. The first-order valence-electron chi connectivity index (χ1n) is 8.54. The number of Topliss-reactive ketones (excluding diaryl/α,β-unsaturated/α-hetero) is 1. The van der Waals surface area contributed by atoms with E-state index in [1.54, 1.807) is 43.8 Å². The highest BCUT2D eigenvalue weighted by Gasteiger charge is 2.39. The molecule has 7 heteroatoms. The number of anilines is 1. The number of rotatable bonds is 5. The average molecular weight is 359 g/mol. The van der Waals surface area contributed by atoms with Crippen LogP contribution in [-0.2, 0) is 16.0 Å². The van der Waals surface area contributed by atoms with Crippen LogP contribution in [0.2, 0.25) is 0 Å². The van der Waals surface area contributed by atoms with Gasteiger partial charge in [0, 0.05) is 36.8 Å². The number of nitrogens with one attached hydrogen (secondary N) is 1. The van der Waals surface area contributed by atoms with Crippen molar-refractivity contribution >= 4 is 23.1 Å². The van der Waals surface area contributed by atoms with Crippen LogP contribution in [0.25, 0.3) is 11.4 Å². The second-order valence-corrected chi connectivity index (χ2v) is 6.31. The van der Waals surface area contributed by atoms with E-state index in [2.05, 4.69) is 20.1 Å². The van der Waals surface area contributed by atoms with Crippen molar-refractivity contribution < 1.29 is 9.59 Å². The SMILES string of the molecule is CC1=NN(c2ccncc2)C(=O)C1C(=O)Cc1cccc(-c2ncc[nH]2)c1. The number of hydrogen-bond acceptors (Lipinski definition) is 5. The number of pyridine rings is 1. The molecular formula is C20H17N5O2. The first-order chi connectivity index (χ1) is 13.1. The van der Waals surface area contributed by atoms with Crippen molar-refractivity contribution in [2.75, 3.05) is 5.01 Å². The topological polar surface area (TPSA) is 91.3 Å². The molecule has 0 fully saturated rings. The van der Waals surface area contributed by atoms with Crippen molar-refractivity contribution in [2.45, 2.75) is 13.3 Å². The van der Waals surface area contributed by atoms with Gasteiger partial charge in [-0.05, 0) is 30.7 Å². The number of carbonyl (C=O) groups excluding carboxylic acids is 2. The number of ketones is 1. The zero-order valence-corrected chi connectivity index (χ0v) is 14.7. The fourth-order valence-electron chi connectivity index (χ4n) is 3.16. The van der Waals surface area contributed by atoms with Gasteiger partial charge in [-0.15, -0.1) is 0 Å². The standard InChI is InChI=1S/C20H17N5O2/c1-13-18(20(27)25(24-13)16-5-7-21-8-6-16)17(26)12-14-3-2-4-15(11-14)19-22-9-10-23-19/h2-11,18H,12H2,1H3,(H,22,23). The molecule has 0 saturated carbocycles. The maximum Gasteiger partial charge on any atom is 0.263 e. The third-order valence-corrected chi connectivity index (χ3v) is 4.44. The third kappa shape index (κ3) is 3.27. The van der Waals surface area contributed by atoms with Gasteiger partial charge < -0.3 is 4.98 Å². The lowest BCUT2D eigenvalue weighted by molar-refractivity contribution is -0.128. The van der Waals surface area contributed by atoms with Crippen LogP contribution in [0.15, 0.2) is 66.3 Å². The molecule has 1 unspecified atom stereocenters. The number of benzene rings is 1. The molecule has 0 bridgehead atoms. The molecule has 0 radical (unpaired) electrons. The fraction of sp³-hybridized carbons (Fsp3) is 0.150. The minimum atomic E-state index is -0.856. The van der Waals surface area contributed by atoms with Crippen molar-refractivity contribution in [1.29, 1.82) is 0 Å². The summed E-state index contributed by atoms with van der Waals surface area (Å²) in [6, 6.07) is 11.0. The summed E-state index contributed by atoms with van der Waals surface area (Å²) in [5.74, 6) is -0.617. The van der Waals surface area contributed by atoms with Crippen molar-refractivity contribution in [3.63, 3.8) is 0 Å². The Kier molecular flexibility index (Phi) is 4.33. The predicted molar refractivity (Wildman–Crippen MR) is 101 cm³/mol. The number of aromatic amines is 1.